The Hall–Kier alpha value is -0.650. The fourth-order valence-electron chi connectivity index (χ4n) is 0.909. The molecule has 0 bridgehead atoms. The van der Waals surface area contributed by atoms with Crippen LogP contribution in [0.15, 0.2) is 0 Å². The zero-order valence-electron chi connectivity index (χ0n) is 9.96. The molecule has 0 aromatic carbocycles. The molecular weight excluding hydrogens is 196 g/mol. The van der Waals surface area contributed by atoms with Crippen molar-refractivity contribution in [3.63, 3.8) is 0 Å². The number of nitrogens with one attached hydrogen (secondary N) is 1. The quantitative estimate of drug-likeness (QED) is 0.568. The number of rotatable bonds is 6. The molecule has 1 unspecified atom stereocenters. The van der Waals surface area contributed by atoms with E-state index in [2.05, 4.69) is 5.32 Å². The van der Waals surface area contributed by atoms with Crippen molar-refractivity contribution < 1.29 is 14.6 Å². The molecule has 1 atom stereocenters. The molecule has 15 heavy (non-hydrogen) atoms. The summed E-state index contributed by atoms with van der Waals surface area (Å²) < 4.78 is 4.85. The average Bonchev–Trinajstić information content (AvgIpc) is 2.09. The first-order valence-electron chi connectivity index (χ1n) is 4.97. The zero-order valence-corrected chi connectivity index (χ0v) is 9.96. The van der Waals surface area contributed by atoms with Crippen LogP contribution in [0.4, 0.5) is 0 Å². The van der Waals surface area contributed by atoms with Crippen LogP contribution in [0, 0.1) is 0 Å². The van der Waals surface area contributed by atoms with Crippen molar-refractivity contribution in [2.45, 2.75) is 38.3 Å². The molecule has 5 heteroatoms. The maximum absolute atomic E-state index is 11.4. The Morgan fingerprint density at radius 1 is 1.47 bits per heavy atom. The standard InChI is InChI=1S/C10H22N2O3/c1-9(2,11)8(13)12-7-10(3,14)5-6-15-4/h14H,5-7,11H2,1-4H3,(H,12,13). The predicted molar refractivity (Wildman–Crippen MR) is 58.4 cm³/mol. The lowest BCUT2D eigenvalue weighted by Crippen LogP contribution is -2.52. The van der Waals surface area contributed by atoms with Crippen molar-refractivity contribution in [1.82, 2.24) is 5.32 Å². The third-order valence-corrected chi connectivity index (χ3v) is 2.06. The maximum Gasteiger partial charge on any atom is 0.239 e. The Bertz CT molecular complexity index is 209. The van der Waals surface area contributed by atoms with Crippen molar-refractivity contribution in [2.24, 2.45) is 5.73 Å². The molecule has 0 saturated heterocycles. The fourth-order valence-corrected chi connectivity index (χ4v) is 0.909. The SMILES string of the molecule is COCCC(C)(O)CNC(=O)C(C)(C)N. The number of hydrogen-bond donors (Lipinski definition) is 3. The van der Waals surface area contributed by atoms with Crippen molar-refractivity contribution in [2.75, 3.05) is 20.3 Å². The molecule has 0 spiro atoms. The van der Waals surface area contributed by atoms with Gasteiger partial charge in [-0.1, -0.05) is 0 Å². The predicted octanol–water partition coefficient (Wildman–Crippen LogP) is -0.373. The number of amides is 1. The molecule has 1 amide bonds. The average molecular weight is 218 g/mol. The van der Waals surface area contributed by atoms with Crippen molar-refractivity contribution in [3.8, 4) is 0 Å². The summed E-state index contributed by atoms with van der Waals surface area (Å²) in [5.74, 6) is -0.278. The highest BCUT2D eigenvalue weighted by Gasteiger charge is 2.26. The van der Waals surface area contributed by atoms with E-state index in [0.29, 0.717) is 13.0 Å². The van der Waals surface area contributed by atoms with E-state index in [9.17, 15) is 9.90 Å². The minimum absolute atomic E-state index is 0.176. The topological polar surface area (TPSA) is 84.6 Å². The number of carbonyl (C=O) groups excluding carboxylic acids is 1. The highest BCUT2D eigenvalue weighted by Crippen LogP contribution is 2.08. The van der Waals surface area contributed by atoms with Gasteiger partial charge in [0.2, 0.25) is 5.91 Å². The maximum atomic E-state index is 11.4. The minimum Gasteiger partial charge on any atom is -0.388 e. The van der Waals surface area contributed by atoms with Gasteiger partial charge in [0.1, 0.15) is 0 Å². The number of nitrogens with two attached hydrogens (primary N) is 1. The Kier molecular flexibility index (Phi) is 5.20. The van der Waals surface area contributed by atoms with E-state index in [1.54, 1.807) is 27.9 Å². The summed E-state index contributed by atoms with van der Waals surface area (Å²) in [7, 11) is 1.57. The van der Waals surface area contributed by atoms with Gasteiger partial charge in [-0.05, 0) is 20.8 Å². The first-order chi connectivity index (χ1) is 6.69. The molecule has 0 aliphatic rings. The van der Waals surface area contributed by atoms with Gasteiger partial charge in [-0.15, -0.1) is 0 Å². The summed E-state index contributed by atoms with van der Waals surface area (Å²) in [6.45, 7) is 5.51. The van der Waals surface area contributed by atoms with E-state index < -0.39 is 11.1 Å². The summed E-state index contributed by atoms with van der Waals surface area (Å²) in [4.78, 5) is 11.4. The molecule has 0 fully saturated rings. The monoisotopic (exact) mass is 218 g/mol. The van der Waals surface area contributed by atoms with Crippen LogP contribution < -0.4 is 11.1 Å². The van der Waals surface area contributed by atoms with Crippen LogP contribution in [0.1, 0.15) is 27.2 Å². The van der Waals surface area contributed by atoms with E-state index in [-0.39, 0.29) is 12.5 Å². The van der Waals surface area contributed by atoms with Gasteiger partial charge >= 0.3 is 0 Å². The lowest BCUT2D eigenvalue weighted by atomic mass is 10.0. The van der Waals surface area contributed by atoms with Crippen LogP contribution in [0.3, 0.4) is 0 Å². The first-order valence-corrected chi connectivity index (χ1v) is 4.97. The van der Waals surface area contributed by atoms with Gasteiger partial charge in [-0.3, -0.25) is 4.79 Å². The number of ether oxygens (including phenoxy) is 1. The second kappa shape index (κ2) is 5.44. The number of methoxy groups -OCH3 is 1. The minimum atomic E-state index is -0.961. The van der Waals surface area contributed by atoms with E-state index in [1.807, 2.05) is 0 Å². The van der Waals surface area contributed by atoms with Crippen molar-refractivity contribution in [1.29, 1.82) is 0 Å². The lowest BCUT2D eigenvalue weighted by Gasteiger charge is -2.26. The van der Waals surface area contributed by atoms with Gasteiger partial charge in [0, 0.05) is 26.7 Å². The molecule has 0 aromatic heterocycles. The van der Waals surface area contributed by atoms with E-state index >= 15 is 0 Å². The van der Waals surface area contributed by atoms with Crippen molar-refractivity contribution in [3.05, 3.63) is 0 Å². The molecule has 0 rings (SSSR count). The molecular formula is C10H22N2O3. The Morgan fingerprint density at radius 2 is 2.00 bits per heavy atom. The van der Waals surface area contributed by atoms with Crippen LogP contribution in [0.2, 0.25) is 0 Å². The van der Waals surface area contributed by atoms with Gasteiger partial charge < -0.3 is 20.9 Å². The number of carbonyl (C=O) groups is 1. The molecule has 5 nitrogen and oxygen atoms in total. The molecule has 0 radical (unpaired) electrons. The van der Waals surface area contributed by atoms with Gasteiger partial charge in [-0.2, -0.15) is 0 Å². The van der Waals surface area contributed by atoms with Gasteiger partial charge in [0.15, 0.2) is 0 Å². The molecule has 0 heterocycles. The van der Waals surface area contributed by atoms with Crippen LogP contribution in [0.5, 0.6) is 0 Å². The molecule has 0 aliphatic heterocycles. The Labute approximate surface area is 91.0 Å². The molecule has 0 aromatic rings. The normalized spacial score (nSPS) is 15.9. The fraction of sp³-hybridized carbons (Fsp3) is 0.900. The zero-order chi connectivity index (χ0) is 12.1. The number of aliphatic hydroxyl groups is 1. The highest BCUT2D eigenvalue weighted by molar-refractivity contribution is 5.85. The van der Waals surface area contributed by atoms with E-state index in [1.165, 1.54) is 0 Å². The van der Waals surface area contributed by atoms with Crippen LogP contribution >= 0.6 is 0 Å². The van der Waals surface area contributed by atoms with E-state index in [0.717, 1.165) is 0 Å². The van der Waals surface area contributed by atoms with Crippen LogP contribution in [-0.2, 0) is 9.53 Å². The van der Waals surface area contributed by atoms with Crippen molar-refractivity contribution >= 4 is 5.91 Å². The molecule has 90 valence electrons. The molecule has 0 saturated carbocycles. The summed E-state index contributed by atoms with van der Waals surface area (Å²) in [5.41, 5.74) is 3.71. The lowest BCUT2D eigenvalue weighted by molar-refractivity contribution is -0.126. The first kappa shape index (κ1) is 14.3. The smallest absolute Gasteiger partial charge is 0.239 e. The Balaban J connectivity index is 3.98. The van der Waals surface area contributed by atoms with Gasteiger partial charge in [-0.25, -0.2) is 0 Å². The summed E-state index contributed by atoms with van der Waals surface area (Å²) in [5, 5.41) is 12.4. The summed E-state index contributed by atoms with van der Waals surface area (Å²) in [6, 6.07) is 0. The summed E-state index contributed by atoms with van der Waals surface area (Å²) in [6.07, 6.45) is 0.467. The second-order valence-corrected chi connectivity index (χ2v) is 4.64. The third kappa shape index (κ3) is 6.43. The second-order valence-electron chi connectivity index (χ2n) is 4.64. The highest BCUT2D eigenvalue weighted by atomic mass is 16.5. The Morgan fingerprint density at radius 3 is 2.40 bits per heavy atom. The van der Waals surface area contributed by atoms with Gasteiger partial charge in [0.25, 0.3) is 0 Å². The molecule has 4 N–H and O–H groups in total. The van der Waals surface area contributed by atoms with E-state index in [4.69, 9.17) is 10.5 Å². The number of hydrogen-bond acceptors (Lipinski definition) is 4. The molecule has 0 aliphatic carbocycles. The van der Waals surface area contributed by atoms with Crippen LogP contribution in [-0.4, -0.2) is 42.4 Å². The van der Waals surface area contributed by atoms with Gasteiger partial charge in [0.05, 0.1) is 11.1 Å². The third-order valence-electron chi connectivity index (χ3n) is 2.06. The summed E-state index contributed by atoms with van der Waals surface area (Å²) >= 11 is 0. The largest absolute Gasteiger partial charge is 0.388 e. The van der Waals surface area contributed by atoms with Crippen LogP contribution in [0.25, 0.3) is 0 Å².